The van der Waals surface area contributed by atoms with Gasteiger partial charge in [0.05, 0.1) is 0 Å². The monoisotopic (exact) mass is 204 g/mol. The summed E-state index contributed by atoms with van der Waals surface area (Å²) in [5, 5.41) is 0. The van der Waals surface area contributed by atoms with Crippen LogP contribution in [0.15, 0.2) is 0 Å². The zero-order valence-electron chi connectivity index (χ0n) is 9.88. The van der Waals surface area contributed by atoms with Crippen molar-refractivity contribution in [2.24, 2.45) is 29.1 Å². The van der Waals surface area contributed by atoms with Crippen LogP contribution in [0.25, 0.3) is 0 Å². The summed E-state index contributed by atoms with van der Waals surface area (Å²) in [5.74, 6) is 4.71. The maximum atomic E-state index is 1.65. The summed E-state index contributed by atoms with van der Waals surface area (Å²) in [6.07, 6.45) is 16.0. The van der Waals surface area contributed by atoms with Gasteiger partial charge in [0.2, 0.25) is 0 Å². The number of hydrogen-bond donors (Lipinski definition) is 0. The fourth-order valence-corrected chi connectivity index (χ4v) is 5.63. The van der Waals surface area contributed by atoms with Gasteiger partial charge in [-0.25, -0.2) is 0 Å². The molecule has 15 heavy (non-hydrogen) atoms. The minimum absolute atomic E-state index is 0.870. The zero-order valence-corrected chi connectivity index (χ0v) is 9.88. The average molecular weight is 204 g/mol. The van der Waals surface area contributed by atoms with E-state index in [1.807, 2.05) is 0 Å². The largest absolute Gasteiger partial charge is 0.0527 e. The van der Waals surface area contributed by atoms with Crippen LogP contribution >= 0.6 is 0 Å². The van der Waals surface area contributed by atoms with E-state index < -0.39 is 0 Å². The summed E-state index contributed by atoms with van der Waals surface area (Å²) >= 11 is 0. The van der Waals surface area contributed by atoms with Gasteiger partial charge in [-0.2, -0.15) is 0 Å². The normalized spacial score (nSPS) is 57.6. The standard InChI is InChI=1S/C15H24/c1-3-12-10-15(7-2-5-13(15)4-1)8-6-11-9-14(11)12/h11-14H,1-10H2. The molecule has 4 saturated carbocycles. The molecule has 5 unspecified atom stereocenters. The first-order valence-corrected chi connectivity index (χ1v) is 7.37. The first-order valence-electron chi connectivity index (χ1n) is 7.37. The smallest absolute Gasteiger partial charge is 0.0266 e. The summed E-state index contributed by atoms with van der Waals surface area (Å²) in [6, 6.07) is 0. The van der Waals surface area contributed by atoms with Crippen molar-refractivity contribution in [3.63, 3.8) is 0 Å². The molecule has 0 saturated heterocycles. The summed E-state index contributed by atoms with van der Waals surface area (Å²) < 4.78 is 0. The molecule has 0 aromatic heterocycles. The van der Waals surface area contributed by atoms with Crippen molar-refractivity contribution in [3.05, 3.63) is 0 Å². The maximum absolute atomic E-state index is 1.65. The van der Waals surface area contributed by atoms with Crippen LogP contribution in [0.3, 0.4) is 0 Å². The van der Waals surface area contributed by atoms with Crippen LogP contribution < -0.4 is 0 Å². The molecule has 0 amide bonds. The molecule has 0 heterocycles. The average Bonchev–Trinajstić information content (AvgIpc) is 2.96. The third-order valence-electron chi connectivity index (χ3n) is 6.49. The minimum Gasteiger partial charge on any atom is -0.0527 e. The molecule has 84 valence electrons. The van der Waals surface area contributed by atoms with Gasteiger partial charge in [0, 0.05) is 0 Å². The second-order valence-electron chi connectivity index (χ2n) is 7.04. The topological polar surface area (TPSA) is 0 Å². The lowest BCUT2D eigenvalue weighted by atomic mass is 9.70. The first-order chi connectivity index (χ1) is 7.37. The molecule has 4 aliphatic carbocycles. The Morgan fingerprint density at radius 1 is 0.800 bits per heavy atom. The third kappa shape index (κ3) is 1.26. The number of rotatable bonds is 0. The van der Waals surface area contributed by atoms with Crippen molar-refractivity contribution < 1.29 is 0 Å². The van der Waals surface area contributed by atoms with Gasteiger partial charge in [-0.1, -0.05) is 19.3 Å². The molecule has 0 nitrogen and oxygen atoms in total. The fourth-order valence-electron chi connectivity index (χ4n) is 5.63. The highest BCUT2D eigenvalue weighted by atomic mass is 14.6. The summed E-state index contributed by atoms with van der Waals surface area (Å²) in [4.78, 5) is 0. The molecule has 5 atom stereocenters. The molecule has 0 aromatic carbocycles. The molecule has 0 heteroatoms. The van der Waals surface area contributed by atoms with E-state index in [9.17, 15) is 0 Å². The van der Waals surface area contributed by atoms with E-state index in [4.69, 9.17) is 0 Å². The van der Waals surface area contributed by atoms with Crippen LogP contribution in [-0.2, 0) is 0 Å². The molecule has 4 aliphatic rings. The van der Waals surface area contributed by atoms with Crippen LogP contribution in [0.1, 0.15) is 64.2 Å². The highest BCUT2D eigenvalue weighted by molar-refractivity contribution is 5.04. The Morgan fingerprint density at radius 2 is 1.73 bits per heavy atom. The second kappa shape index (κ2) is 3.02. The second-order valence-corrected chi connectivity index (χ2v) is 7.04. The van der Waals surface area contributed by atoms with Gasteiger partial charge in [-0.3, -0.25) is 0 Å². The van der Waals surface area contributed by atoms with Gasteiger partial charge >= 0.3 is 0 Å². The Labute approximate surface area is 93.8 Å². The predicted molar refractivity (Wildman–Crippen MR) is 62.6 cm³/mol. The summed E-state index contributed by atoms with van der Waals surface area (Å²) in [5.41, 5.74) is 0.870. The molecular formula is C15H24. The minimum atomic E-state index is 0.870. The Morgan fingerprint density at radius 3 is 2.73 bits per heavy atom. The summed E-state index contributed by atoms with van der Waals surface area (Å²) in [6.45, 7) is 0. The van der Waals surface area contributed by atoms with Crippen LogP contribution in [0.4, 0.5) is 0 Å². The Balaban J connectivity index is 1.68. The van der Waals surface area contributed by atoms with Gasteiger partial charge < -0.3 is 0 Å². The van der Waals surface area contributed by atoms with Crippen LogP contribution in [0, 0.1) is 29.1 Å². The van der Waals surface area contributed by atoms with Crippen molar-refractivity contribution in [3.8, 4) is 0 Å². The molecule has 0 N–H and O–H groups in total. The van der Waals surface area contributed by atoms with Gasteiger partial charge in [0.1, 0.15) is 0 Å². The molecule has 0 aliphatic heterocycles. The van der Waals surface area contributed by atoms with Crippen LogP contribution in [-0.4, -0.2) is 0 Å². The molecule has 1 spiro atoms. The van der Waals surface area contributed by atoms with Crippen LogP contribution in [0.5, 0.6) is 0 Å². The Hall–Kier alpha value is 0. The Kier molecular flexibility index (Phi) is 1.83. The van der Waals surface area contributed by atoms with Gasteiger partial charge in [0.25, 0.3) is 0 Å². The van der Waals surface area contributed by atoms with Crippen molar-refractivity contribution >= 4 is 0 Å². The highest BCUT2D eigenvalue weighted by Crippen LogP contribution is 2.64. The van der Waals surface area contributed by atoms with E-state index >= 15 is 0 Å². The molecule has 4 rings (SSSR count). The fraction of sp³-hybridized carbons (Fsp3) is 1.00. The van der Waals surface area contributed by atoms with Crippen molar-refractivity contribution in [2.75, 3.05) is 0 Å². The van der Waals surface area contributed by atoms with E-state index in [-0.39, 0.29) is 0 Å². The zero-order chi connectivity index (χ0) is 9.88. The Bertz CT molecular complexity index is 269. The molecule has 2 bridgehead atoms. The molecule has 4 fully saturated rings. The highest BCUT2D eigenvalue weighted by Gasteiger charge is 2.53. The molecular weight excluding hydrogens is 180 g/mol. The maximum Gasteiger partial charge on any atom is -0.0266 e. The van der Waals surface area contributed by atoms with E-state index in [0.717, 1.165) is 11.3 Å². The van der Waals surface area contributed by atoms with Gasteiger partial charge in [-0.15, -0.1) is 0 Å². The number of hydrogen-bond acceptors (Lipinski definition) is 0. The van der Waals surface area contributed by atoms with Crippen molar-refractivity contribution in [1.82, 2.24) is 0 Å². The van der Waals surface area contributed by atoms with Crippen molar-refractivity contribution in [2.45, 2.75) is 64.2 Å². The van der Waals surface area contributed by atoms with E-state index in [1.165, 1.54) is 17.8 Å². The third-order valence-corrected chi connectivity index (χ3v) is 6.49. The number of fused-ring (bicyclic) bond motifs is 3. The van der Waals surface area contributed by atoms with E-state index in [0.29, 0.717) is 0 Å². The lowest BCUT2D eigenvalue weighted by Crippen LogP contribution is -2.26. The lowest BCUT2D eigenvalue weighted by molar-refractivity contribution is 0.148. The lowest BCUT2D eigenvalue weighted by Gasteiger charge is -2.35. The molecule has 0 aromatic rings. The quantitative estimate of drug-likeness (QED) is 0.549. The predicted octanol–water partition coefficient (Wildman–Crippen LogP) is 4.39. The molecule has 0 radical (unpaired) electrons. The van der Waals surface area contributed by atoms with Crippen LogP contribution in [0.2, 0.25) is 0 Å². The van der Waals surface area contributed by atoms with E-state index in [2.05, 4.69) is 0 Å². The van der Waals surface area contributed by atoms with Gasteiger partial charge in [-0.05, 0) is 74.0 Å². The summed E-state index contributed by atoms with van der Waals surface area (Å²) in [7, 11) is 0. The first kappa shape index (κ1) is 9.07. The van der Waals surface area contributed by atoms with Gasteiger partial charge in [0.15, 0.2) is 0 Å². The van der Waals surface area contributed by atoms with E-state index in [1.54, 1.807) is 64.2 Å². The van der Waals surface area contributed by atoms with Crippen molar-refractivity contribution in [1.29, 1.82) is 0 Å². The SMILES string of the molecule is C1CC2CC3(CCCC3C1)CCC1CC12.